The summed E-state index contributed by atoms with van der Waals surface area (Å²) in [5, 5.41) is 17.4. The summed E-state index contributed by atoms with van der Waals surface area (Å²) in [6.07, 6.45) is 0.793. The summed E-state index contributed by atoms with van der Waals surface area (Å²) in [5.41, 5.74) is 0. The molecule has 0 saturated carbocycles. The van der Waals surface area contributed by atoms with E-state index in [-0.39, 0.29) is 5.91 Å². The van der Waals surface area contributed by atoms with Gasteiger partial charge in [0, 0.05) is 13.1 Å². The Bertz CT molecular complexity index is 143. The van der Waals surface area contributed by atoms with E-state index in [1.54, 1.807) is 4.90 Å². The zero-order valence-electron chi connectivity index (χ0n) is 6.36. The van der Waals surface area contributed by atoms with E-state index in [1.165, 1.54) is 0 Å². The normalized spacial score (nSPS) is 20.4. The van der Waals surface area contributed by atoms with E-state index in [0.29, 0.717) is 0 Å². The van der Waals surface area contributed by atoms with Gasteiger partial charge < -0.3 is 15.1 Å². The summed E-state index contributed by atoms with van der Waals surface area (Å²) in [4.78, 5) is 12.7. The first-order valence-electron chi connectivity index (χ1n) is 3.83. The number of rotatable bonds is 2. The van der Waals surface area contributed by atoms with Gasteiger partial charge in [-0.05, 0) is 12.8 Å². The highest BCUT2D eigenvalue weighted by molar-refractivity contribution is 5.80. The maximum Gasteiger partial charge on any atom is 0.253 e. The van der Waals surface area contributed by atoms with Gasteiger partial charge in [0.2, 0.25) is 0 Å². The molecule has 0 spiro atoms. The topological polar surface area (TPSA) is 60.8 Å². The summed E-state index contributed by atoms with van der Waals surface area (Å²) in [7, 11) is 0. The third-order valence-corrected chi connectivity index (χ3v) is 1.88. The Morgan fingerprint density at radius 1 is 1.45 bits per heavy atom. The van der Waals surface area contributed by atoms with E-state index in [1.807, 2.05) is 0 Å². The molecule has 1 aliphatic heterocycles. The maximum atomic E-state index is 11.1. The second kappa shape index (κ2) is 3.69. The van der Waals surface area contributed by atoms with Crippen molar-refractivity contribution in [1.29, 1.82) is 0 Å². The van der Waals surface area contributed by atoms with Crippen LogP contribution in [0.1, 0.15) is 12.8 Å². The second-order valence-electron chi connectivity index (χ2n) is 2.73. The molecule has 2 N–H and O–H groups in total. The molecule has 0 aromatic rings. The van der Waals surface area contributed by atoms with Crippen molar-refractivity contribution >= 4 is 5.91 Å². The highest BCUT2D eigenvalue weighted by Crippen LogP contribution is 2.08. The quantitative estimate of drug-likeness (QED) is 0.541. The smallest absolute Gasteiger partial charge is 0.253 e. The first-order valence-corrected chi connectivity index (χ1v) is 3.83. The lowest BCUT2D eigenvalue weighted by Crippen LogP contribution is -2.38. The summed E-state index contributed by atoms with van der Waals surface area (Å²) in [6.45, 7) is 0.959. The molecule has 0 bridgehead atoms. The van der Waals surface area contributed by atoms with Gasteiger partial charge in [-0.3, -0.25) is 4.79 Å². The van der Waals surface area contributed by atoms with Gasteiger partial charge in [0.25, 0.3) is 5.91 Å². The predicted octanol–water partition coefficient (Wildman–Crippen LogP) is -1.04. The van der Waals surface area contributed by atoms with Crippen LogP contribution in [0, 0.1) is 0 Å². The van der Waals surface area contributed by atoms with Crippen molar-refractivity contribution < 1.29 is 15.0 Å². The summed E-state index contributed by atoms with van der Waals surface area (Å²) in [6, 6.07) is 0. The zero-order chi connectivity index (χ0) is 8.27. The Labute approximate surface area is 65.4 Å². The summed E-state index contributed by atoms with van der Waals surface area (Å²) < 4.78 is 0. The third kappa shape index (κ3) is 1.91. The fraction of sp³-hybridized carbons (Fsp3) is 0.857. The molecule has 0 unspecified atom stereocenters. The van der Waals surface area contributed by atoms with Gasteiger partial charge >= 0.3 is 0 Å². The van der Waals surface area contributed by atoms with E-state index < -0.39 is 12.7 Å². The van der Waals surface area contributed by atoms with Crippen LogP contribution in [0.4, 0.5) is 0 Å². The van der Waals surface area contributed by atoms with Crippen molar-refractivity contribution in [2.75, 3.05) is 19.7 Å². The minimum atomic E-state index is -1.21. The maximum absolute atomic E-state index is 11.1. The van der Waals surface area contributed by atoms with Crippen LogP contribution in [0.3, 0.4) is 0 Å². The first-order chi connectivity index (χ1) is 5.25. The monoisotopic (exact) mass is 159 g/mol. The molecule has 0 radical (unpaired) electrons. The molecule has 1 atom stereocenters. The molecule has 4 heteroatoms. The summed E-state index contributed by atoms with van der Waals surface area (Å²) >= 11 is 0. The number of hydrogen-bond donors (Lipinski definition) is 2. The summed E-state index contributed by atoms with van der Waals surface area (Å²) in [5.74, 6) is -0.343. The van der Waals surface area contributed by atoms with Crippen LogP contribution in [-0.2, 0) is 4.79 Å². The van der Waals surface area contributed by atoms with Crippen LogP contribution in [0.15, 0.2) is 0 Å². The molecule has 0 aromatic carbocycles. The molecule has 1 fully saturated rings. The van der Waals surface area contributed by atoms with Gasteiger partial charge in [-0.25, -0.2) is 0 Å². The molecule has 0 aromatic heterocycles. The Balaban J connectivity index is 2.39. The van der Waals surface area contributed by atoms with E-state index in [0.717, 1.165) is 25.9 Å². The number of likely N-dealkylation sites (tertiary alicyclic amines) is 1. The molecule has 4 nitrogen and oxygen atoms in total. The number of carbonyl (C=O) groups is 1. The minimum Gasteiger partial charge on any atom is -0.393 e. The molecule has 0 aliphatic carbocycles. The average molecular weight is 159 g/mol. The van der Waals surface area contributed by atoms with Gasteiger partial charge in [0.05, 0.1) is 6.61 Å². The standard InChI is InChI=1S/C7H13NO3/c9-5-6(10)7(11)8-3-1-2-4-8/h6,9-10H,1-5H2/t6-/m1/s1. The van der Waals surface area contributed by atoms with Crippen molar-refractivity contribution in [2.24, 2.45) is 0 Å². The molecular formula is C7H13NO3. The highest BCUT2D eigenvalue weighted by Gasteiger charge is 2.23. The van der Waals surface area contributed by atoms with Crippen molar-refractivity contribution in [3.63, 3.8) is 0 Å². The Kier molecular flexibility index (Phi) is 2.84. The number of aliphatic hydroxyl groups excluding tert-OH is 2. The van der Waals surface area contributed by atoms with Crippen LogP contribution in [0.2, 0.25) is 0 Å². The fourth-order valence-corrected chi connectivity index (χ4v) is 1.23. The zero-order valence-corrected chi connectivity index (χ0v) is 6.36. The van der Waals surface area contributed by atoms with Crippen LogP contribution >= 0.6 is 0 Å². The van der Waals surface area contributed by atoms with E-state index in [2.05, 4.69) is 0 Å². The van der Waals surface area contributed by atoms with Crippen LogP contribution in [-0.4, -0.2) is 46.8 Å². The Hall–Kier alpha value is -0.610. The number of hydrogen-bond acceptors (Lipinski definition) is 3. The van der Waals surface area contributed by atoms with Gasteiger partial charge in [0.15, 0.2) is 6.10 Å². The molecule has 1 saturated heterocycles. The number of nitrogens with zero attached hydrogens (tertiary/aromatic N) is 1. The lowest BCUT2D eigenvalue weighted by molar-refractivity contribution is -0.140. The lowest BCUT2D eigenvalue weighted by Gasteiger charge is -2.17. The van der Waals surface area contributed by atoms with Crippen LogP contribution in [0.25, 0.3) is 0 Å². The molecule has 64 valence electrons. The van der Waals surface area contributed by atoms with Crippen molar-refractivity contribution in [1.82, 2.24) is 4.90 Å². The van der Waals surface area contributed by atoms with Gasteiger partial charge in [-0.1, -0.05) is 0 Å². The van der Waals surface area contributed by atoms with E-state index in [4.69, 9.17) is 10.2 Å². The highest BCUT2D eigenvalue weighted by atomic mass is 16.3. The van der Waals surface area contributed by atoms with E-state index in [9.17, 15) is 4.79 Å². The third-order valence-electron chi connectivity index (χ3n) is 1.88. The molecule has 1 amide bonds. The Morgan fingerprint density at radius 2 is 2.00 bits per heavy atom. The van der Waals surface area contributed by atoms with Crippen LogP contribution in [0.5, 0.6) is 0 Å². The SMILES string of the molecule is O=C([C@H](O)CO)N1CCCC1. The largest absolute Gasteiger partial charge is 0.393 e. The van der Waals surface area contributed by atoms with Gasteiger partial charge in [-0.15, -0.1) is 0 Å². The predicted molar refractivity (Wildman–Crippen MR) is 38.9 cm³/mol. The van der Waals surface area contributed by atoms with Crippen molar-refractivity contribution in [3.8, 4) is 0 Å². The fourth-order valence-electron chi connectivity index (χ4n) is 1.23. The molecule has 1 rings (SSSR count). The number of aliphatic hydroxyl groups is 2. The number of carbonyl (C=O) groups excluding carboxylic acids is 1. The minimum absolute atomic E-state index is 0.343. The van der Waals surface area contributed by atoms with Gasteiger partial charge in [-0.2, -0.15) is 0 Å². The molecule has 1 aliphatic rings. The first kappa shape index (κ1) is 8.49. The molecular weight excluding hydrogens is 146 g/mol. The molecule has 1 heterocycles. The van der Waals surface area contributed by atoms with Crippen molar-refractivity contribution in [2.45, 2.75) is 18.9 Å². The van der Waals surface area contributed by atoms with E-state index >= 15 is 0 Å². The lowest BCUT2D eigenvalue weighted by atomic mass is 10.3. The number of amides is 1. The Morgan fingerprint density at radius 3 is 2.45 bits per heavy atom. The average Bonchev–Trinajstić information content (AvgIpc) is 2.53. The van der Waals surface area contributed by atoms with Gasteiger partial charge in [0.1, 0.15) is 0 Å². The van der Waals surface area contributed by atoms with Crippen LogP contribution < -0.4 is 0 Å². The van der Waals surface area contributed by atoms with Crippen molar-refractivity contribution in [3.05, 3.63) is 0 Å². The molecule has 11 heavy (non-hydrogen) atoms. The second-order valence-corrected chi connectivity index (χ2v) is 2.73.